The number of aryl methyl sites for hydroxylation is 2. The first-order valence-electron chi connectivity index (χ1n) is 11.4. The lowest BCUT2D eigenvalue weighted by Gasteiger charge is -2.45. The fourth-order valence-corrected chi connectivity index (χ4v) is 5.71. The standard InChI is InChI=1S/C27H32N2O3S/c1-18-24(33-20(3)28-18)22-13-11-21(12-14-22)19(2)29-16-15-27(32-25(29)30,17-26(4,5)31)23-9-7-6-8-10-23/h6-14,19,31H,15-17H2,1-5H3/t19-,27-/m0/s1. The number of amides is 1. The summed E-state index contributed by atoms with van der Waals surface area (Å²) < 4.78 is 6.12. The van der Waals surface area contributed by atoms with E-state index in [-0.39, 0.29) is 12.1 Å². The van der Waals surface area contributed by atoms with Crippen molar-refractivity contribution in [2.75, 3.05) is 6.54 Å². The van der Waals surface area contributed by atoms with Crippen LogP contribution in [0, 0.1) is 13.8 Å². The van der Waals surface area contributed by atoms with Crippen LogP contribution in [0.1, 0.15) is 61.5 Å². The number of thiazole rings is 1. The van der Waals surface area contributed by atoms with E-state index >= 15 is 0 Å². The number of ether oxygens (including phenoxy) is 1. The van der Waals surface area contributed by atoms with Gasteiger partial charge in [0.05, 0.1) is 27.2 Å². The van der Waals surface area contributed by atoms with Gasteiger partial charge >= 0.3 is 6.09 Å². The Morgan fingerprint density at radius 3 is 2.36 bits per heavy atom. The lowest BCUT2D eigenvalue weighted by Crippen LogP contribution is -2.51. The van der Waals surface area contributed by atoms with Gasteiger partial charge in [0.2, 0.25) is 0 Å². The Kier molecular flexibility index (Phi) is 6.34. The third-order valence-corrected chi connectivity index (χ3v) is 7.44. The van der Waals surface area contributed by atoms with Crippen molar-refractivity contribution in [1.29, 1.82) is 0 Å². The minimum Gasteiger partial charge on any atom is -0.438 e. The van der Waals surface area contributed by atoms with Gasteiger partial charge in [-0.1, -0.05) is 54.6 Å². The number of benzene rings is 2. The van der Waals surface area contributed by atoms with Gasteiger partial charge < -0.3 is 14.7 Å². The summed E-state index contributed by atoms with van der Waals surface area (Å²) in [5, 5.41) is 11.6. The molecule has 1 aromatic heterocycles. The van der Waals surface area contributed by atoms with Crippen LogP contribution in [0.25, 0.3) is 10.4 Å². The Bertz CT molecular complexity index is 1120. The molecule has 174 valence electrons. The molecule has 1 fully saturated rings. The van der Waals surface area contributed by atoms with Crippen LogP contribution in [0.4, 0.5) is 4.79 Å². The highest BCUT2D eigenvalue weighted by molar-refractivity contribution is 7.15. The van der Waals surface area contributed by atoms with E-state index in [9.17, 15) is 9.90 Å². The molecule has 3 aromatic rings. The van der Waals surface area contributed by atoms with Crippen LogP contribution in [-0.2, 0) is 10.3 Å². The Balaban J connectivity index is 1.54. The van der Waals surface area contributed by atoms with Crippen molar-refractivity contribution in [2.24, 2.45) is 0 Å². The first kappa shape index (κ1) is 23.5. The topological polar surface area (TPSA) is 62.7 Å². The van der Waals surface area contributed by atoms with Crippen LogP contribution in [0.15, 0.2) is 54.6 Å². The predicted molar refractivity (Wildman–Crippen MR) is 132 cm³/mol. The molecule has 1 aliphatic rings. The largest absolute Gasteiger partial charge is 0.438 e. The lowest BCUT2D eigenvalue weighted by atomic mass is 9.80. The molecule has 2 heterocycles. The van der Waals surface area contributed by atoms with Gasteiger partial charge in [-0.2, -0.15) is 0 Å². The van der Waals surface area contributed by atoms with E-state index in [0.29, 0.717) is 19.4 Å². The molecule has 5 nitrogen and oxygen atoms in total. The Hall–Kier alpha value is -2.70. The Morgan fingerprint density at radius 2 is 1.82 bits per heavy atom. The maximum absolute atomic E-state index is 13.2. The van der Waals surface area contributed by atoms with Crippen molar-refractivity contribution in [3.05, 3.63) is 76.4 Å². The molecule has 1 saturated heterocycles. The molecule has 0 saturated carbocycles. The molecular weight excluding hydrogens is 432 g/mol. The van der Waals surface area contributed by atoms with Crippen LogP contribution in [0.5, 0.6) is 0 Å². The van der Waals surface area contributed by atoms with E-state index in [0.717, 1.165) is 27.4 Å². The molecule has 0 unspecified atom stereocenters. The number of rotatable bonds is 6. The average molecular weight is 465 g/mol. The molecule has 1 amide bonds. The van der Waals surface area contributed by atoms with E-state index < -0.39 is 11.2 Å². The smallest absolute Gasteiger partial charge is 0.411 e. The van der Waals surface area contributed by atoms with Gasteiger partial charge in [-0.3, -0.25) is 0 Å². The predicted octanol–water partition coefficient (Wildman–Crippen LogP) is 6.39. The minimum absolute atomic E-state index is 0.119. The van der Waals surface area contributed by atoms with Crippen LogP contribution < -0.4 is 0 Å². The summed E-state index contributed by atoms with van der Waals surface area (Å²) in [4.78, 5) is 20.7. The number of hydrogen-bond acceptors (Lipinski definition) is 5. The van der Waals surface area contributed by atoms with Gasteiger partial charge in [0.1, 0.15) is 5.60 Å². The molecular formula is C27H32N2O3S. The molecule has 1 N–H and O–H groups in total. The van der Waals surface area contributed by atoms with Crippen LogP contribution in [-0.4, -0.2) is 33.2 Å². The molecule has 0 aliphatic carbocycles. The SMILES string of the molecule is Cc1nc(C)c(-c2ccc([C@H](C)N3CC[C@](CC(C)(C)O)(c4ccccc4)OC3=O)cc2)s1. The number of aliphatic hydroxyl groups is 1. The number of cyclic esters (lactones) is 1. The molecule has 0 bridgehead atoms. The Labute approximate surface area is 200 Å². The van der Waals surface area contributed by atoms with Crippen LogP contribution in [0.2, 0.25) is 0 Å². The molecule has 6 heteroatoms. The first-order valence-corrected chi connectivity index (χ1v) is 12.2. The first-order chi connectivity index (χ1) is 15.6. The third-order valence-electron chi connectivity index (χ3n) is 6.32. The van der Waals surface area contributed by atoms with E-state index in [1.807, 2.05) is 51.1 Å². The molecule has 1 aliphatic heterocycles. The third kappa shape index (κ3) is 4.97. The molecule has 33 heavy (non-hydrogen) atoms. The second-order valence-electron chi connectivity index (χ2n) is 9.61. The second-order valence-corrected chi connectivity index (χ2v) is 10.8. The highest BCUT2D eigenvalue weighted by Gasteiger charge is 2.46. The molecule has 0 radical (unpaired) electrons. The Morgan fingerprint density at radius 1 is 1.15 bits per heavy atom. The van der Waals surface area contributed by atoms with Gasteiger partial charge in [0.15, 0.2) is 0 Å². The lowest BCUT2D eigenvalue weighted by molar-refractivity contribution is -0.101. The summed E-state index contributed by atoms with van der Waals surface area (Å²) in [5.41, 5.74) is 2.37. The van der Waals surface area contributed by atoms with Crippen molar-refractivity contribution < 1.29 is 14.6 Å². The summed E-state index contributed by atoms with van der Waals surface area (Å²) in [5.74, 6) is 0. The summed E-state index contributed by atoms with van der Waals surface area (Å²) in [6.45, 7) is 10.2. The van der Waals surface area contributed by atoms with E-state index in [1.165, 1.54) is 4.88 Å². The van der Waals surface area contributed by atoms with Gasteiger partial charge in [-0.25, -0.2) is 9.78 Å². The van der Waals surface area contributed by atoms with Crippen molar-refractivity contribution >= 4 is 17.4 Å². The fourth-order valence-electron chi connectivity index (χ4n) is 4.78. The number of aromatic nitrogens is 1. The van der Waals surface area contributed by atoms with Crippen LogP contribution in [0.3, 0.4) is 0 Å². The molecule has 2 aromatic carbocycles. The van der Waals surface area contributed by atoms with E-state index in [2.05, 4.69) is 29.2 Å². The van der Waals surface area contributed by atoms with Crippen molar-refractivity contribution in [2.45, 2.75) is 64.7 Å². The van der Waals surface area contributed by atoms with E-state index in [1.54, 1.807) is 30.1 Å². The molecule has 0 spiro atoms. The summed E-state index contributed by atoms with van der Waals surface area (Å²) in [6.07, 6.45) is 0.620. The number of carbonyl (C=O) groups is 1. The van der Waals surface area contributed by atoms with Crippen LogP contribution >= 0.6 is 11.3 Å². The summed E-state index contributed by atoms with van der Waals surface area (Å²) in [7, 11) is 0. The van der Waals surface area contributed by atoms with Crippen molar-refractivity contribution in [1.82, 2.24) is 9.88 Å². The van der Waals surface area contributed by atoms with E-state index in [4.69, 9.17) is 4.74 Å². The zero-order chi connectivity index (χ0) is 23.8. The zero-order valence-corrected chi connectivity index (χ0v) is 20.8. The van der Waals surface area contributed by atoms with Crippen molar-refractivity contribution in [3.63, 3.8) is 0 Å². The molecule has 2 atom stereocenters. The van der Waals surface area contributed by atoms with Gasteiger partial charge in [-0.05, 0) is 51.3 Å². The quantitative estimate of drug-likeness (QED) is 0.459. The monoisotopic (exact) mass is 464 g/mol. The normalized spacial score (nSPS) is 19.9. The fraction of sp³-hybridized carbons (Fsp3) is 0.407. The number of nitrogens with zero attached hydrogens (tertiary/aromatic N) is 2. The minimum atomic E-state index is -0.965. The summed E-state index contributed by atoms with van der Waals surface area (Å²) in [6, 6.07) is 18.0. The summed E-state index contributed by atoms with van der Waals surface area (Å²) >= 11 is 1.70. The average Bonchev–Trinajstić information content (AvgIpc) is 3.11. The number of carbonyl (C=O) groups excluding carboxylic acids is 1. The maximum Gasteiger partial charge on any atom is 0.411 e. The number of hydrogen-bond donors (Lipinski definition) is 1. The highest BCUT2D eigenvalue weighted by atomic mass is 32.1. The molecule has 4 rings (SSSR count). The maximum atomic E-state index is 13.2. The van der Waals surface area contributed by atoms with Gasteiger partial charge in [0, 0.05) is 19.4 Å². The van der Waals surface area contributed by atoms with Crippen molar-refractivity contribution in [3.8, 4) is 10.4 Å². The zero-order valence-electron chi connectivity index (χ0n) is 20.0. The van der Waals surface area contributed by atoms with Gasteiger partial charge in [0.25, 0.3) is 0 Å². The van der Waals surface area contributed by atoms with Gasteiger partial charge in [-0.15, -0.1) is 11.3 Å². The second kappa shape index (κ2) is 8.92. The highest BCUT2D eigenvalue weighted by Crippen LogP contribution is 2.42.